The normalized spacial score (nSPS) is 21.4. The number of para-hydroxylation sites is 1. The summed E-state index contributed by atoms with van der Waals surface area (Å²) in [5.74, 6) is 1.33. The Bertz CT molecular complexity index is 812. The van der Waals surface area contributed by atoms with Crippen LogP contribution in [-0.4, -0.2) is 61.1 Å². The smallest absolute Gasteiger partial charge is 0.223 e. The van der Waals surface area contributed by atoms with Crippen molar-refractivity contribution in [3.05, 3.63) is 29.8 Å². The number of sulfonamides is 1. The first-order valence-electron chi connectivity index (χ1n) is 10.9. The van der Waals surface area contributed by atoms with Crippen molar-refractivity contribution in [2.45, 2.75) is 64.4 Å². The lowest BCUT2D eigenvalue weighted by atomic mass is 9.76. The van der Waals surface area contributed by atoms with Gasteiger partial charge in [0.25, 0.3) is 0 Å². The molecular weight excluding hydrogens is 388 g/mol. The summed E-state index contributed by atoms with van der Waals surface area (Å²) in [7, 11) is -3.18. The fourth-order valence-electron chi connectivity index (χ4n) is 4.71. The van der Waals surface area contributed by atoms with Gasteiger partial charge in [0.1, 0.15) is 11.4 Å². The molecule has 3 rings (SSSR count). The summed E-state index contributed by atoms with van der Waals surface area (Å²) in [5.41, 5.74) is 0.709. The van der Waals surface area contributed by atoms with Crippen molar-refractivity contribution < 1.29 is 17.9 Å². The van der Waals surface area contributed by atoms with Crippen molar-refractivity contribution in [2.24, 2.45) is 0 Å². The van der Waals surface area contributed by atoms with Crippen LogP contribution in [0.2, 0.25) is 0 Å². The van der Waals surface area contributed by atoms with Crippen molar-refractivity contribution in [3.63, 3.8) is 0 Å². The number of amides is 1. The zero-order valence-corrected chi connectivity index (χ0v) is 18.7. The Morgan fingerprint density at radius 1 is 1.17 bits per heavy atom. The monoisotopic (exact) mass is 422 g/mol. The van der Waals surface area contributed by atoms with E-state index < -0.39 is 10.0 Å². The van der Waals surface area contributed by atoms with Gasteiger partial charge in [-0.1, -0.05) is 25.1 Å². The van der Waals surface area contributed by atoms with Gasteiger partial charge in [-0.25, -0.2) is 12.7 Å². The van der Waals surface area contributed by atoms with Crippen LogP contribution in [0.25, 0.3) is 0 Å². The van der Waals surface area contributed by atoms with Gasteiger partial charge in [-0.15, -0.1) is 0 Å². The van der Waals surface area contributed by atoms with Crippen LogP contribution in [0.1, 0.15) is 64.4 Å². The van der Waals surface area contributed by atoms with Crippen LogP contribution in [0.5, 0.6) is 5.75 Å². The number of carbonyl (C=O) groups excluding carboxylic acids is 1. The van der Waals surface area contributed by atoms with Crippen molar-refractivity contribution in [1.29, 1.82) is 0 Å². The molecule has 1 atom stereocenters. The number of ether oxygens (including phenoxy) is 1. The fourth-order valence-corrected chi connectivity index (χ4v) is 6.22. The molecule has 29 heavy (non-hydrogen) atoms. The van der Waals surface area contributed by atoms with E-state index in [0.29, 0.717) is 38.8 Å². The molecule has 162 valence electrons. The van der Waals surface area contributed by atoms with Crippen LogP contribution >= 0.6 is 0 Å². The Morgan fingerprint density at radius 3 is 2.45 bits per heavy atom. The van der Waals surface area contributed by atoms with Crippen LogP contribution in [0.3, 0.4) is 0 Å². The van der Waals surface area contributed by atoms with E-state index in [2.05, 4.69) is 6.07 Å². The molecular formula is C22H34N2O4S. The molecule has 0 unspecified atom stereocenters. The van der Waals surface area contributed by atoms with Gasteiger partial charge in [0.2, 0.25) is 15.9 Å². The van der Waals surface area contributed by atoms with Crippen molar-refractivity contribution in [3.8, 4) is 5.75 Å². The molecule has 2 aliphatic rings. The Kier molecular flexibility index (Phi) is 6.89. The molecule has 1 saturated heterocycles. The third-order valence-corrected chi connectivity index (χ3v) is 8.41. The summed E-state index contributed by atoms with van der Waals surface area (Å²) in [6, 6.07) is 7.99. The summed E-state index contributed by atoms with van der Waals surface area (Å²) < 4.78 is 33.0. The quantitative estimate of drug-likeness (QED) is 0.676. The number of carbonyl (C=O) groups is 1. The van der Waals surface area contributed by atoms with Crippen LogP contribution < -0.4 is 4.74 Å². The maximum Gasteiger partial charge on any atom is 0.223 e. The third kappa shape index (κ3) is 4.77. The molecule has 1 spiro atoms. The van der Waals surface area contributed by atoms with Crippen molar-refractivity contribution >= 4 is 15.9 Å². The molecule has 0 aromatic heterocycles. The van der Waals surface area contributed by atoms with E-state index in [1.807, 2.05) is 43.9 Å². The number of rotatable bonds is 7. The number of nitrogens with zero attached hydrogens (tertiary/aromatic N) is 2. The second-order valence-electron chi connectivity index (χ2n) is 8.21. The second kappa shape index (κ2) is 9.04. The van der Waals surface area contributed by atoms with Crippen molar-refractivity contribution in [2.75, 3.05) is 31.9 Å². The Hall–Kier alpha value is -1.60. The predicted molar refractivity (Wildman–Crippen MR) is 115 cm³/mol. The number of hydrogen-bond donors (Lipinski definition) is 0. The van der Waals surface area contributed by atoms with E-state index in [4.69, 9.17) is 4.74 Å². The molecule has 1 fully saturated rings. The van der Waals surface area contributed by atoms with E-state index >= 15 is 0 Å². The molecule has 0 N–H and O–H groups in total. The molecule has 0 bridgehead atoms. The Labute approximate surface area is 175 Å². The van der Waals surface area contributed by atoms with E-state index in [-0.39, 0.29) is 23.2 Å². The molecule has 6 nitrogen and oxygen atoms in total. The van der Waals surface area contributed by atoms with Gasteiger partial charge in [0, 0.05) is 51.4 Å². The topological polar surface area (TPSA) is 66.9 Å². The minimum absolute atomic E-state index is 0.104. The van der Waals surface area contributed by atoms with Gasteiger partial charge in [0.15, 0.2) is 0 Å². The first-order chi connectivity index (χ1) is 13.8. The van der Waals surface area contributed by atoms with Gasteiger partial charge >= 0.3 is 0 Å². The van der Waals surface area contributed by atoms with Gasteiger partial charge in [-0.05, 0) is 38.3 Å². The Balaban J connectivity index is 1.78. The molecule has 1 aromatic carbocycles. The zero-order chi connectivity index (χ0) is 21.1. The number of hydrogen-bond acceptors (Lipinski definition) is 4. The highest BCUT2D eigenvalue weighted by Gasteiger charge is 2.45. The van der Waals surface area contributed by atoms with Crippen LogP contribution in [0.4, 0.5) is 0 Å². The number of benzene rings is 1. The highest BCUT2D eigenvalue weighted by atomic mass is 32.2. The standard InChI is InChI=1S/C22H34N2O4S/c1-4-15-29(26,27)24-13-11-22(12-14-24)17-18(16-21(25)23(5-2)6-3)19-9-7-8-10-20(19)28-22/h7-10,18H,4-6,11-17H2,1-3H3/t18-/m1/s1. The van der Waals surface area contributed by atoms with E-state index in [1.54, 1.807) is 4.31 Å². The molecule has 1 amide bonds. The Morgan fingerprint density at radius 2 is 1.83 bits per heavy atom. The maximum absolute atomic E-state index is 12.8. The highest BCUT2D eigenvalue weighted by molar-refractivity contribution is 7.89. The number of fused-ring (bicyclic) bond motifs is 1. The molecule has 0 saturated carbocycles. The van der Waals surface area contributed by atoms with Crippen molar-refractivity contribution in [1.82, 2.24) is 9.21 Å². The summed E-state index contributed by atoms with van der Waals surface area (Å²) in [5, 5.41) is 0. The van der Waals surface area contributed by atoms with Gasteiger partial charge < -0.3 is 9.64 Å². The summed E-state index contributed by atoms with van der Waals surface area (Å²) in [6.07, 6.45) is 3.20. The van der Waals surface area contributed by atoms with E-state index in [0.717, 1.165) is 30.8 Å². The van der Waals surface area contributed by atoms with Gasteiger partial charge in [0.05, 0.1) is 5.75 Å². The molecule has 0 radical (unpaired) electrons. The minimum atomic E-state index is -3.18. The van der Waals surface area contributed by atoms with Gasteiger partial charge in [-0.2, -0.15) is 0 Å². The molecule has 0 aliphatic carbocycles. The van der Waals surface area contributed by atoms with E-state index in [9.17, 15) is 13.2 Å². The fraction of sp³-hybridized carbons (Fsp3) is 0.682. The summed E-state index contributed by atoms with van der Waals surface area (Å²) in [4.78, 5) is 14.7. The summed E-state index contributed by atoms with van der Waals surface area (Å²) >= 11 is 0. The average molecular weight is 423 g/mol. The lowest BCUT2D eigenvalue weighted by Gasteiger charge is -2.46. The minimum Gasteiger partial charge on any atom is -0.487 e. The lowest BCUT2D eigenvalue weighted by molar-refractivity contribution is -0.131. The number of piperidine rings is 1. The molecule has 7 heteroatoms. The van der Waals surface area contributed by atoms with Gasteiger partial charge in [-0.3, -0.25) is 4.79 Å². The largest absolute Gasteiger partial charge is 0.487 e. The summed E-state index contributed by atoms with van der Waals surface area (Å²) in [6.45, 7) is 8.32. The van der Waals surface area contributed by atoms with Crippen LogP contribution in [0, 0.1) is 0 Å². The first-order valence-corrected chi connectivity index (χ1v) is 12.5. The maximum atomic E-state index is 12.8. The van der Waals surface area contributed by atoms with Crippen LogP contribution in [-0.2, 0) is 14.8 Å². The first kappa shape index (κ1) is 22.1. The average Bonchev–Trinajstić information content (AvgIpc) is 2.69. The molecule has 2 aliphatic heterocycles. The SMILES string of the molecule is CCCS(=O)(=O)N1CCC2(CC1)C[C@@H](CC(=O)N(CC)CC)c1ccccc1O2. The molecule has 2 heterocycles. The third-order valence-electron chi connectivity index (χ3n) is 6.33. The zero-order valence-electron chi connectivity index (χ0n) is 17.9. The van der Waals surface area contributed by atoms with E-state index in [1.165, 1.54) is 0 Å². The highest BCUT2D eigenvalue weighted by Crippen LogP contribution is 2.46. The predicted octanol–water partition coefficient (Wildman–Crippen LogP) is 3.39. The second-order valence-corrected chi connectivity index (χ2v) is 10.3. The molecule has 1 aromatic rings. The van der Waals surface area contributed by atoms with Crippen LogP contribution in [0.15, 0.2) is 24.3 Å². The lowest BCUT2D eigenvalue weighted by Crippen LogP contribution is -2.52.